The van der Waals surface area contributed by atoms with Crippen molar-refractivity contribution in [2.45, 2.75) is 0 Å². The average molecular weight is 175 g/mol. The number of aryl methyl sites for hydroxylation is 1. The molecule has 2 aromatic heterocycles. The van der Waals surface area contributed by atoms with Gasteiger partial charge in [0, 0.05) is 31.2 Å². The Morgan fingerprint density at radius 1 is 1.31 bits per heavy atom. The van der Waals surface area contributed by atoms with E-state index in [4.69, 9.17) is 5.73 Å². The van der Waals surface area contributed by atoms with Gasteiger partial charge < -0.3 is 5.73 Å². The maximum absolute atomic E-state index is 5.65. The summed E-state index contributed by atoms with van der Waals surface area (Å²) in [5.74, 6) is 0.426. The van der Waals surface area contributed by atoms with Crippen molar-refractivity contribution in [1.82, 2.24) is 19.7 Å². The second-order valence-electron chi connectivity index (χ2n) is 2.69. The quantitative estimate of drug-likeness (QED) is 0.683. The van der Waals surface area contributed by atoms with E-state index in [9.17, 15) is 0 Å². The van der Waals surface area contributed by atoms with Crippen LogP contribution in [0.15, 0.2) is 24.8 Å². The van der Waals surface area contributed by atoms with Crippen LogP contribution in [0.4, 0.5) is 5.82 Å². The molecule has 0 aliphatic rings. The lowest BCUT2D eigenvalue weighted by molar-refractivity contribution is 0.768. The lowest BCUT2D eigenvalue weighted by Gasteiger charge is -1.97. The minimum absolute atomic E-state index is 0.426. The van der Waals surface area contributed by atoms with Crippen molar-refractivity contribution in [3.05, 3.63) is 24.8 Å². The largest absolute Gasteiger partial charge is 0.382 e. The van der Waals surface area contributed by atoms with Crippen molar-refractivity contribution in [2.75, 3.05) is 5.73 Å². The molecule has 0 aromatic carbocycles. The van der Waals surface area contributed by atoms with E-state index in [1.165, 1.54) is 0 Å². The summed E-state index contributed by atoms with van der Waals surface area (Å²) in [5.41, 5.74) is 7.21. The highest BCUT2D eigenvalue weighted by Gasteiger charge is 2.05. The van der Waals surface area contributed by atoms with Crippen LogP contribution in [0.3, 0.4) is 0 Å². The molecule has 0 fully saturated rings. The molecule has 2 aromatic rings. The summed E-state index contributed by atoms with van der Waals surface area (Å²) in [6.07, 6.45) is 6.73. The highest BCUT2D eigenvalue weighted by molar-refractivity contribution is 5.67. The van der Waals surface area contributed by atoms with Gasteiger partial charge in [-0.3, -0.25) is 9.67 Å². The fraction of sp³-hybridized carbons (Fsp3) is 0.125. The second kappa shape index (κ2) is 2.85. The van der Waals surface area contributed by atoms with E-state index in [0.717, 1.165) is 5.56 Å². The van der Waals surface area contributed by atoms with Gasteiger partial charge in [-0.2, -0.15) is 5.10 Å². The van der Waals surface area contributed by atoms with Gasteiger partial charge in [0.25, 0.3) is 0 Å². The molecule has 2 heterocycles. The normalized spacial score (nSPS) is 10.2. The Morgan fingerprint density at radius 2 is 2.08 bits per heavy atom. The Hall–Kier alpha value is -1.91. The number of nitrogens with two attached hydrogens (primary N) is 1. The van der Waals surface area contributed by atoms with Gasteiger partial charge in [-0.25, -0.2) is 4.98 Å². The summed E-state index contributed by atoms with van der Waals surface area (Å²) in [7, 11) is 1.84. The van der Waals surface area contributed by atoms with Crippen molar-refractivity contribution in [1.29, 1.82) is 0 Å². The first kappa shape index (κ1) is 7.72. The molecule has 5 nitrogen and oxygen atoms in total. The lowest BCUT2D eigenvalue weighted by Crippen LogP contribution is -1.95. The minimum Gasteiger partial charge on any atom is -0.382 e. The van der Waals surface area contributed by atoms with Gasteiger partial charge in [0.2, 0.25) is 0 Å². The summed E-state index contributed by atoms with van der Waals surface area (Å²) in [6.45, 7) is 0. The van der Waals surface area contributed by atoms with Crippen LogP contribution in [0.2, 0.25) is 0 Å². The maximum atomic E-state index is 5.65. The topological polar surface area (TPSA) is 69.6 Å². The van der Waals surface area contributed by atoms with Gasteiger partial charge in [0.1, 0.15) is 11.5 Å². The van der Waals surface area contributed by atoms with Crippen molar-refractivity contribution in [2.24, 2.45) is 7.05 Å². The van der Waals surface area contributed by atoms with Gasteiger partial charge in [-0.1, -0.05) is 0 Å². The van der Waals surface area contributed by atoms with Crippen molar-refractivity contribution >= 4 is 5.82 Å². The van der Waals surface area contributed by atoms with Gasteiger partial charge in [-0.05, 0) is 0 Å². The third-order valence-electron chi connectivity index (χ3n) is 1.70. The second-order valence-corrected chi connectivity index (χ2v) is 2.69. The molecule has 13 heavy (non-hydrogen) atoms. The van der Waals surface area contributed by atoms with Crippen LogP contribution in [0, 0.1) is 0 Å². The summed E-state index contributed by atoms with van der Waals surface area (Å²) >= 11 is 0. The zero-order valence-electron chi connectivity index (χ0n) is 7.18. The summed E-state index contributed by atoms with van der Waals surface area (Å²) in [4.78, 5) is 8.06. The van der Waals surface area contributed by atoms with E-state index in [-0.39, 0.29) is 0 Å². The number of nitrogen functional groups attached to an aromatic ring is 1. The van der Waals surface area contributed by atoms with Gasteiger partial charge in [0.15, 0.2) is 0 Å². The number of aromatic nitrogens is 4. The van der Waals surface area contributed by atoms with E-state index >= 15 is 0 Å². The number of hydrogen-bond acceptors (Lipinski definition) is 4. The van der Waals surface area contributed by atoms with Crippen molar-refractivity contribution in [3.63, 3.8) is 0 Å². The van der Waals surface area contributed by atoms with Crippen LogP contribution in [0.1, 0.15) is 0 Å². The van der Waals surface area contributed by atoms with Crippen LogP contribution in [0.25, 0.3) is 11.3 Å². The van der Waals surface area contributed by atoms with Crippen LogP contribution < -0.4 is 5.73 Å². The van der Waals surface area contributed by atoms with Gasteiger partial charge in [-0.15, -0.1) is 0 Å². The molecule has 0 aliphatic carbocycles. The van der Waals surface area contributed by atoms with Crippen molar-refractivity contribution < 1.29 is 0 Å². The molecule has 0 amide bonds. The lowest BCUT2D eigenvalue weighted by atomic mass is 10.2. The average Bonchev–Trinajstić information content (AvgIpc) is 2.53. The third kappa shape index (κ3) is 1.35. The number of rotatable bonds is 1. The highest BCUT2D eigenvalue weighted by atomic mass is 15.2. The van der Waals surface area contributed by atoms with Gasteiger partial charge >= 0.3 is 0 Å². The summed E-state index contributed by atoms with van der Waals surface area (Å²) in [6, 6.07) is 0. The maximum Gasteiger partial charge on any atom is 0.150 e. The molecule has 0 saturated carbocycles. The number of hydrogen-bond donors (Lipinski definition) is 1. The molecule has 0 saturated heterocycles. The molecule has 0 bridgehead atoms. The Morgan fingerprint density at radius 3 is 2.69 bits per heavy atom. The number of nitrogens with zero attached hydrogens (tertiary/aromatic N) is 4. The van der Waals surface area contributed by atoms with E-state index in [1.807, 2.05) is 13.2 Å². The molecular weight excluding hydrogens is 166 g/mol. The predicted octanol–water partition coefficient (Wildman–Crippen LogP) is 0.459. The monoisotopic (exact) mass is 175 g/mol. The van der Waals surface area contributed by atoms with E-state index in [1.54, 1.807) is 23.3 Å². The molecular formula is C8H9N5. The molecule has 0 unspecified atom stereocenters. The smallest absolute Gasteiger partial charge is 0.150 e. The molecule has 0 aliphatic heterocycles. The first-order valence-corrected chi connectivity index (χ1v) is 3.83. The molecule has 5 heteroatoms. The third-order valence-corrected chi connectivity index (χ3v) is 1.70. The first-order valence-electron chi connectivity index (χ1n) is 3.83. The first-order chi connectivity index (χ1) is 6.27. The molecule has 0 radical (unpaired) electrons. The standard InChI is InChI=1S/C8H9N5/c1-13-5-6(4-12-13)7-8(9)11-3-2-10-7/h2-5H,1H3,(H2,9,11). The Kier molecular flexibility index (Phi) is 1.70. The molecule has 0 spiro atoms. The van der Waals surface area contributed by atoms with Crippen molar-refractivity contribution in [3.8, 4) is 11.3 Å². The van der Waals surface area contributed by atoms with Crippen LogP contribution in [0.5, 0.6) is 0 Å². The highest BCUT2D eigenvalue weighted by Crippen LogP contribution is 2.19. The van der Waals surface area contributed by atoms with E-state index < -0.39 is 0 Å². The van der Waals surface area contributed by atoms with E-state index in [0.29, 0.717) is 11.5 Å². The predicted molar refractivity (Wildman–Crippen MR) is 48.6 cm³/mol. The van der Waals surface area contributed by atoms with Gasteiger partial charge in [0.05, 0.1) is 6.20 Å². The Labute approximate surface area is 75.2 Å². The zero-order chi connectivity index (χ0) is 9.26. The SMILES string of the molecule is Cn1cc(-c2nccnc2N)cn1. The summed E-state index contributed by atoms with van der Waals surface area (Å²) < 4.78 is 1.70. The molecule has 66 valence electrons. The molecule has 2 N–H and O–H groups in total. The Balaban J connectivity index is 2.52. The van der Waals surface area contributed by atoms with E-state index in [2.05, 4.69) is 15.1 Å². The van der Waals surface area contributed by atoms with Crippen LogP contribution >= 0.6 is 0 Å². The zero-order valence-corrected chi connectivity index (χ0v) is 7.18. The summed E-state index contributed by atoms with van der Waals surface area (Å²) in [5, 5.41) is 4.03. The fourth-order valence-corrected chi connectivity index (χ4v) is 1.11. The van der Waals surface area contributed by atoms with Crippen LogP contribution in [-0.4, -0.2) is 19.7 Å². The Bertz CT molecular complexity index is 420. The molecule has 0 atom stereocenters. The fourth-order valence-electron chi connectivity index (χ4n) is 1.11. The molecule has 2 rings (SSSR count). The minimum atomic E-state index is 0.426. The number of anilines is 1. The van der Waals surface area contributed by atoms with Crippen LogP contribution in [-0.2, 0) is 7.05 Å².